The van der Waals surface area contributed by atoms with Crippen LogP contribution in [-0.4, -0.2) is 0 Å². The van der Waals surface area contributed by atoms with Gasteiger partial charge in [0.15, 0.2) is 0 Å². The Morgan fingerprint density at radius 1 is 0.325 bits per heavy atom. The molecule has 0 fully saturated rings. The first-order chi connectivity index (χ1) is 38.2. The zero-order valence-electron chi connectivity index (χ0n) is 41.9. The van der Waals surface area contributed by atoms with Gasteiger partial charge in [-0.05, 0) is 115 Å². The molecule has 360 valence electrons. The smallest absolute Gasteiger partial charge is 0.140 e. The van der Waals surface area contributed by atoms with Crippen LogP contribution in [0.2, 0.25) is 0 Å². The zero-order chi connectivity index (χ0) is 50.7. The summed E-state index contributed by atoms with van der Waals surface area (Å²) in [6.07, 6.45) is 0. The van der Waals surface area contributed by atoms with Crippen LogP contribution in [0.4, 0.5) is 17.1 Å². The van der Waals surface area contributed by atoms with Gasteiger partial charge in [-0.3, -0.25) is 0 Å². The quantitative estimate of drug-likeness (QED) is 0.151. The average molecular weight is 998 g/mol. The fraction of sp³-hybridized carbons (Fsp3) is 0.0270. The molecule has 12 aromatic carbocycles. The molecule has 0 spiro atoms. The molecule has 2 aromatic heterocycles. The van der Waals surface area contributed by atoms with Gasteiger partial charge in [-0.1, -0.05) is 243 Å². The van der Waals surface area contributed by atoms with E-state index in [9.17, 15) is 0 Å². The molecule has 0 unspecified atom stereocenters. The summed E-state index contributed by atoms with van der Waals surface area (Å²) in [4.78, 5) is 2.48. The fourth-order valence-corrected chi connectivity index (χ4v) is 15.0. The van der Waals surface area contributed by atoms with Crippen molar-refractivity contribution >= 4 is 70.5 Å². The van der Waals surface area contributed by atoms with E-state index < -0.39 is 10.8 Å². The lowest BCUT2D eigenvalue weighted by molar-refractivity contribution is 0.648. The highest BCUT2D eigenvalue weighted by Gasteiger charge is 2.49. The predicted molar refractivity (Wildman–Crippen MR) is 321 cm³/mol. The second-order valence-corrected chi connectivity index (χ2v) is 21.6. The van der Waals surface area contributed by atoms with Crippen LogP contribution in [0.15, 0.2) is 290 Å². The van der Waals surface area contributed by atoms with Crippen LogP contribution in [-0.2, 0) is 10.8 Å². The Hall–Kier alpha value is -9.54. The van der Waals surface area contributed by atoms with Crippen LogP contribution in [0, 0.1) is 0 Å². The van der Waals surface area contributed by atoms with Crippen molar-refractivity contribution in [2.75, 3.05) is 4.90 Å². The summed E-state index contributed by atoms with van der Waals surface area (Å²) in [7, 11) is 0. The third-order valence-electron chi connectivity index (χ3n) is 16.8. The minimum Gasteiger partial charge on any atom is -0.456 e. The SMILES string of the molecule is c1ccc(C2(c3ccccc3)c3ccccc3-c3ccc(N(c4ccc(-c5cccc6c5sc5ccccc56)cc4)c4cccc5oc6c(C7(c8ccccc8)c8ccccc8-c8ccccc87)cccc6c45)cc32)cc1. The van der Waals surface area contributed by atoms with Gasteiger partial charge in [-0.15, -0.1) is 11.3 Å². The Balaban J connectivity index is 0.959. The Kier molecular flexibility index (Phi) is 9.67. The molecule has 2 nitrogen and oxygen atoms in total. The molecule has 77 heavy (non-hydrogen) atoms. The largest absolute Gasteiger partial charge is 0.456 e. The Labute approximate surface area is 451 Å². The Morgan fingerprint density at radius 2 is 0.805 bits per heavy atom. The van der Waals surface area contributed by atoms with Crippen molar-refractivity contribution in [2.24, 2.45) is 0 Å². The van der Waals surface area contributed by atoms with Gasteiger partial charge in [-0.25, -0.2) is 0 Å². The van der Waals surface area contributed by atoms with Crippen molar-refractivity contribution in [2.45, 2.75) is 10.8 Å². The topological polar surface area (TPSA) is 16.4 Å². The number of hydrogen-bond donors (Lipinski definition) is 0. The fourth-order valence-electron chi connectivity index (χ4n) is 13.8. The molecular formula is C74H47NOS. The molecule has 0 amide bonds. The number of fused-ring (bicyclic) bond motifs is 12. The highest BCUT2D eigenvalue weighted by atomic mass is 32.1. The number of nitrogens with zero attached hydrogens (tertiary/aromatic N) is 1. The summed E-state index contributed by atoms with van der Waals surface area (Å²) in [6.45, 7) is 0. The van der Waals surface area contributed by atoms with Crippen LogP contribution < -0.4 is 4.90 Å². The van der Waals surface area contributed by atoms with Gasteiger partial charge in [0.25, 0.3) is 0 Å². The number of para-hydroxylation sites is 1. The van der Waals surface area contributed by atoms with Crippen LogP contribution in [0.3, 0.4) is 0 Å². The molecule has 3 heteroatoms. The molecule has 2 aliphatic carbocycles. The first kappa shape index (κ1) is 43.8. The summed E-state index contributed by atoms with van der Waals surface area (Å²) in [5.41, 5.74) is 20.9. The lowest BCUT2D eigenvalue weighted by Gasteiger charge is -2.35. The van der Waals surface area contributed by atoms with Crippen molar-refractivity contribution in [3.8, 4) is 33.4 Å². The second-order valence-electron chi connectivity index (χ2n) is 20.6. The van der Waals surface area contributed by atoms with Crippen LogP contribution >= 0.6 is 11.3 Å². The Bertz CT molecular complexity index is 4540. The van der Waals surface area contributed by atoms with E-state index in [2.05, 4.69) is 290 Å². The number of hydrogen-bond acceptors (Lipinski definition) is 3. The summed E-state index contributed by atoms with van der Waals surface area (Å²) >= 11 is 1.87. The third kappa shape index (κ3) is 6.18. The highest BCUT2D eigenvalue weighted by molar-refractivity contribution is 7.26. The summed E-state index contributed by atoms with van der Waals surface area (Å²) in [5, 5.41) is 4.73. The van der Waals surface area contributed by atoms with Crippen LogP contribution in [0.25, 0.3) is 75.5 Å². The van der Waals surface area contributed by atoms with Crippen LogP contribution in [0.5, 0.6) is 0 Å². The maximum Gasteiger partial charge on any atom is 0.140 e. The first-order valence-electron chi connectivity index (χ1n) is 26.6. The lowest BCUT2D eigenvalue weighted by Crippen LogP contribution is -2.28. The first-order valence-corrected chi connectivity index (χ1v) is 27.4. The molecule has 16 rings (SSSR count). The van der Waals surface area contributed by atoms with Gasteiger partial charge in [0.1, 0.15) is 11.2 Å². The minimum absolute atomic E-state index is 0.578. The zero-order valence-corrected chi connectivity index (χ0v) is 42.7. The molecule has 2 aliphatic rings. The molecule has 0 N–H and O–H groups in total. The van der Waals surface area contributed by atoms with Gasteiger partial charge in [-0.2, -0.15) is 0 Å². The number of anilines is 3. The lowest BCUT2D eigenvalue weighted by atomic mass is 9.67. The maximum atomic E-state index is 7.42. The Morgan fingerprint density at radius 3 is 1.47 bits per heavy atom. The van der Waals surface area contributed by atoms with Gasteiger partial charge in [0, 0.05) is 42.5 Å². The number of rotatable bonds is 8. The van der Waals surface area contributed by atoms with E-state index >= 15 is 0 Å². The van der Waals surface area contributed by atoms with E-state index in [0.29, 0.717) is 0 Å². The molecular weight excluding hydrogens is 951 g/mol. The van der Waals surface area contributed by atoms with E-state index in [0.717, 1.165) is 44.6 Å². The van der Waals surface area contributed by atoms with Crippen LogP contribution in [0.1, 0.15) is 44.5 Å². The van der Waals surface area contributed by atoms with E-state index in [1.165, 1.54) is 92.5 Å². The van der Waals surface area contributed by atoms with Gasteiger partial charge in [0.05, 0.1) is 21.9 Å². The van der Waals surface area contributed by atoms with Crippen molar-refractivity contribution in [3.63, 3.8) is 0 Å². The molecule has 0 saturated heterocycles. The standard InChI is InChI=1S/C74H47NOS/c1-4-21-49(22-5-1)73(50-23-6-2-7-24-50)62-34-14-10-29-57(62)58-46-45-53(47-66(58)73)75(52-43-41-48(42-44-52)54-31-18-32-60-59-30-13-17-40-69(59)77-72(54)60)67-38-20-39-68-70(67)61-33-19-37-65(71(61)76-68)74(51-25-8-3-9-26-51)63-35-15-11-27-55(63)56-28-12-16-36-64(56)74/h1-47H. The number of benzene rings is 12. The molecule has 0 atom stereocenters. The molecule has 0 bridgehead atoms. The van der Waals surface area contributed by atoms with Gasteiger partial charge < -0.3 is 9.32 Å². The summed E-state index contributed by atoms with van der Waals surface area (Å²) in [6, 6.07) is 105. The van der Waals surface area contributed by atoms with Gasteiger partial charge in [0.2, 0.25) is 0 Å². The minimum atomic E-state index is -0.637. The van der Waals surface area contributed by atoms with E-state index in [1.54, 1.807) is 0 Å². The molecule has 0 radical (unpaired) electrons. The molecule has 0 saturated carbocycles. The average Bonchev–Trinajstić information content (AvgIpc) is 4.39. The number of furan rings is 1. The summed E-state index contributed by atoms with van der Waals surface area (Å²) in [5.74, 6) is 0. The monoisotopic (exact) mass is 997 g/mol. The molecule has 2 heterocycles. The normalized spacial score (nSPS) is 13.7. The van der Waals surface area contributed by atoms with Crippen molar-refractivity contribution in [3.05, 3.63) is 330 Å². The van der Waals surface area contributed by atoms with E-state index in [4.69, 9.17) is 4.42 Å². The van der Waals surface area contributed by atoms with E-state index in [-0.39, 0.29) is 0 Å². The van der Waals surface area contributed by atoms with Crippen molar-refractivity contribution < 1.29 is 4.42 Å². The van der Waals surface area contributed by atoms with Crippen molar-refractivity contribution in [1.29, 1.82) is 0 Å². The predicted octanol–water partition coefficient (Wildman–Crippen LogP) is 19.8. The second kappa shape index (κ2) is 17.0. The third-order valence-corrected chi connectivity index (χ3v) is 18.1. The maximum absolute atomic E-state index is 7.42. The molecule has 0 aliphatic heterocycles. The summed E-state index contributed by atoms with van der Waals surface area (Å²) < 4.78 is 10.0. The molecule has 14 aromatic rings. The number of thiophene rings is 1. The highest BCUT2D eigenvalue weighted by Crippen LogP contribution is 2.60. The van der Waals surface area contributed by atoms with Crippen molar-refractivity contribution in [1.82, 2.24) is 0 Å². The van der Waals surface area contributed by atoms with E-state index in [1.807, 2.05) is 11.3 Å². The van der Waals surface area contributed by atoms with Gasteiger partial charge >= 0.3 is 0 Å².